The van der Waals surface area contributed by atoms with Crippen molar-refractivity contribution in [1.82, 2.24) is 0 Å². The van der Waals surface area contributed by atoms with E-state index in [0.717, 1.165) is 38.0 Å². The van der Waals surface area contributed by atoms with Crippen LogP contribution in [0.15, 0.2) is 0 Å². The van der Waals surface area contributed by atoms with Crippen LogP contribution in [0.3, 0.4) is 0 Å². The van der Waals surface area contributed by atoms with E-state index in [1.165, 1.54) is 103 Å². The second-order valence-corrected chi connectivity index (χ2v) is 10.8. The maximum absolute atomic E-state index is 11.8. The van der Waals surface area contributed by atoms with E-state index in [2.05, 4.69) is 6.92 Å². The molecule has 0 aliphatic heterocycles. The Bertz CT molecular complexity index is 469. The van der Waals surface area contributed by atoms with Crippen LogP contribution in [0.1, 0.15) is 167 Å². The first kappa shape index (κ1) is 35.2. The number of esters is 2. The van der Waals surface area contributed by atoms with Crippen molar-refractivity contribution < 1.29 is 19.1 Å². The molecule has 0 spiro atoms. The first-order valence-electron chi connectivity index (χ1n) is 15.6. The van der Waals surface area contributed by atoms with Gasteiger partial charge in [-0.1, -0.05) is 122 Å². The third-order valence-electron chi connectivity index (χ3n) is 6.81. The Morgan fingerprint density at radius 1 is 0.444 bits per heavy atom. The number of ether oxygens (including phenoxy) is 2. The Morgan fingerprint density at radius 2 is 0.750 bits per heavy atom. The second-order valence-electron chi connectivity index (χ2n) is 10.4. The van der Waals surface area contributed by atoms with Crippen LogP contribution < -0.4 is 0 Å². The normalized spacial score (nSPS) is 11.1. The standard InChI is InChI=1S/C31H59ClO4/c1-2-3-4-5-6-7-8-9-10-11-12-13-15-18-23-28-35-30(33)25-20-21-26-31(34)36-29-24-19-16-14-17-22-27-32/h2-29H2,1H3. The third kappa shape index (κ3) is 29.5. The summed E-state index contributed by atoms with van der Waals surface area (Å²) >= 11 is 5.66. The molecule has 5 heteroatoms. The number of rotatable bonds is 29. The van der Waals surface area contributed by atoms with E-state index in [0.29, 0.717) is 38.9 Å². The lowest BCUT2D eigenvalue weighted by molar-refractivity contribution is -0.146. The summed E-state index contributed by atoms with van der Waals surface area (Å²) in [5.74, 6) is 0.459. The van der Waals surface area contributed by atoms with Gasteiger partial charge < -0.3 is 9.47 Å². The Balaban J connectivity index is 3.25. The highest BCUT2D eigenvalue weighted by Gasteiger charge is 2.06. The number of carbonyl (C=O) groups excluding carboxylic acids is 2. The van der Waals surface area contributed by atoms with Crippen molar-refractivity contribution >= 4 is 23.5 Å². The van der Waals surface area contributed by atoms with Crippen molar-refractivity contribution in [3.63, 3.8) is 0 Å². The van der Waals surface area contributed by atoms with Gasteiger partial charge in [0.25, 0.3) is 0 Å². The zero-order valence-corrected chi connectivity index (χ0v) is 24.6. The molecule has 4 nitrogen and oxygen atoms in total. The van der Waals surface area contributed by atoms with Gasteiger partial charge in [-0.3, -0.25) is 9.59 Å². The van der Waals surface area contributed by atoms with Gasteiger partial charge in [-0.05, 0) is 32.1 Å². The van der Waals surface area contributed by atoms with E-state index in [9.17, 15) is 9.59 Å². The predicted molar refractivity (Wildman–Crippen MR) is 154 cm³/mol. The summed E-state index contributed by atoms with van der Waals surface area (Å²) in [6, 6.07) is 0. The molecule has 0 aliphatic rings. The van der Waals surface area contributed by atoms with Gasteiger partial charge in [0.15, 0.2) is 0 Å². The molecule has 0 aromatic rings. The zero-order valence-electron chi connectivity index (χ0n) is 23.8. The number of carbonyl (C=O) groups is 2. The summed E-state index contributed by atoms with van der Waals surface area (Å²) in [6.45, 7) is 3.32. The minimum atomic E-state index is -0.150. The Hall–Kier alpha value is -0.770. The number of alkyl halides is 1. The summed E-state index contributed by atoms with van der Waals surface area (Å²) in [7, 11) is 0. The van der Waals surface area contributed by atoms with Crippen LogP contribution in [-0.2, 0) is 19.1 Å². The molecule has 0 aromatic carbocycles. The minimum Gasteiger partial charge on any atom is -0.466 e. The van der Waals surface area contributed by atoms with Crippen LogP contribution in [-0.4, -0.2) is 31.0 Å². The van der Waals surface area contributed by atoms with Gasteiger partial charge in [0.1, 0.15) is 0 Å². The van der Waals surface area contributed by atoms with Crippen LogP contribution >= 0.6 is 11.6 Å². The van der Waals surface area contributed by atoms with E-state index in [-0.39, 0.29) is 11.9 Å². The highest BCUT2D eigenvalue weighted by molar-refractivity contribution is 6.17. The fraction of sp³-hybridized carbons (Fsp3) is 0.935. The molecular weight excluding hydrogens is 472 g/mol. The smallest absolute Gasteiger partial charge is 0.305 e. The summed E-state index contributed by atoms with van der Waals surface area (Å²) < 4.78 is 10.6. The Kier molecular flexibility index (Phi) is 29.8. The molecule has 0 atom stereocenters. The van der Waals surface area contributed by atoms with Gasteiger partial charge in [0.05, 0.1) is 13.2 Å². The van der Waals surface area contributed by atoms with Crippen LogP contribution in [0.2, 0.25) is 0 Å². The van der Waals surface area contributed by atoms with Crippen molar-refractivity contribution in [2.24, 2.45) is 0 Å². The first-order valence-corrected chi connectivity index (χ1v) is 16.1. The number of hydrogen-bond donors (Lipinski definition) is 0. The summed E-state index contributed by atoms with van der Waals surface area (Å²) in [5.41, 5.74) is 0. The maximum Gasteiger partial charge on any atom is 0.305 e. The molecule has 0 aliphatic carbocycles. The average Bonchev–Trinajstić information content (AvgIpc) is 2.88. The van der Waals surface area contributed by atoms with E-state index < -0.39 is 0 Å². The molecule has 0 unspecified atom stereocenters. The number of hydrogen-bond acceptors (Lipinski definition) is 4. The number of unbranched alkanes of at least 4 members (excludes halogenated alkanes) is 20. The van der Waals surface area contributed by atoms with Crippen molar-refractivity contribution in [3.05, 3.63) is 0 Å². The monoisotopic (exact) mass is 530 g/mol. The summed E-state index contributed by atoms with van der Waals surface area (Å²) in [5, 5.41) is 0. The SMILES string of the molecule is CCCCCCCCCCCCCCCCCOC(=O)CCCCC(=O)OCCCCCCCCCl. The Morgan fingerprint density at radius 3 is 1.08 bits per heavy atom. The van der Waals surface area contributed by atoms with Crippen LogP contribution in [0.25, 0.3) is 0 Å². The molecule has 0 radical (unpaired) electrons. The lowest BCUT2D eigenvalue weighted by Gasteiger charge is -2.06. The predicted octanol–water partition coefficient (Wildman–Crippen LogP) is 10.1. The average molecular weight is 531 g/mol. The molecular formula is C31H59ClO4. The molecule has 0 bridgehead atoms. The molecule has 0 saturated heterocycles. The molecule has 0 aromatic heterocycles. The summed E-state index contributed by atoms with van der Waals surface area (Å²) in [4.78, 5) is 23.6. The molecule has 214 valence electrons. The lowest BCUT2D eigenvalue weighted by atomic mass is 10.0. The van der Waals surface area contributed by atoms with Gasteiger partial charge in [-0.15, -0.1) is 11.6 Å². The van der Waals surface area contributed by atoms with Gasteiger partial charge in [0, 0.05) is 18.7 Å². The molecule has 0 fully saturated rings. The molecule has 0 saturated carbocycles. The molecule has 0 amide bonds. The molecule has 0 heterocycles. The van der Waals surface area contributed by atoms with Crippen LogP contribution in [0.4, 0.5) is 0 Å². The third-order valence-corrected chi connectivity index (χ3v) is 7.08. The maximum atomic E-state index is 11.8. The quantitative estimate of drug-likeness (QED) is 0.0548. The fourth-order valence-electron chi connectivity index (χ4n) is 4.43. The largest absolute Gasteiger partial charge is 0.466 e. The van der Waals surface area contributed by atoms with E-state index >= 15 is 0 Å². The molecule has 0 rings (SSSR count). The molecule has 36 heavy (non-hydrogen) atoms. The van der Waals surface area contributed by atoms with Crippen molar-refractivity contribution in [2.45, 2.75) is 167 Å². The zero-order chi connectivity index (χ0) is 26.4. The highest BCUT2D eigenvalue weighted by Crippen LogP contribution is 2.13. The molecule has 0 N–H and O–H groups in total. The van der Waals surface area contributed by atoms with E-state index in [1.54, 1.807) is 0 Å². The van der Waals surface area contributed by atoms with E-state index in [4.69, 9.17) is 21.1 Å². The fourth-order valence-corrected chi connectivity index (χ4v) is 4.62. The lowest BCUT2D eigenvalue weighted by Crippen LogP contribution is -2.08. The summed E-state index contributed by atoms with van der Waals surface area (Å²) in [6.07, 6.45) is 28.8. The van der Waals surface area contributed by atoms with Gasteiger partial charge >= 0.3 is 11.9 Å². The van der Waals surface area contributed by atoms with E-state index in [1.807, 2.05) is 0 Å². The minimum absolute atomic E-state index is 0.136. The second kappa shape index (κ2) is 30.5. The van der Waals surface area contributed by atoms with Crippen molar-refractivity contribution in [2.75, 3.05) is 19.1 Å². The van der Waals surface area contributed by atoms with Gasteiger partial charge in [0.2, 0.25) is 0 Å². The Labute approximate surface area is 229 Å². The van der Waals surface area contributed by atoms with Crippen molar-refractivity contribution in [1.29, 1.82) is 0 Å². The van der Waals surface area contributed by atoms with Crippen LogP contribution in [0, 0.1) is 0 Å². The van der Waals surface area contributed by atoms with Crippen molar-refractivity contribution in [3.8, 4) is 0 Å². The van der Waals surface area contributed by atoms with Crippen LogP contribution in [0.5, 0.6) is 0 Å². The van der Waals surface area contributed by atoms with Gasteiger partial charge in [-0.2, -0.15) is 0 Å². The highest BCUT2D eigenvalue weighted by atomic mass is 35.5. The topological polar surface area (TPSA) is 52.6 Å². The van der Waals surface area contributed by atoms with Gasteiger partial charge in [-0.25, -0.2) is 0 Å². The number of halogens is 1. The first-order chi connectivity index (χ1) is 17.7.